The number of ether oxygens (including phenoxy) is 3. The second-order valence-electron chi connectivity index (χ2n) is 5.97. The number of rotatable bonds is 9. The molecule has 0 aliphatic heterocycles. The molecule has 6 heteroatoms. The molecule has 27 heavy (non-hydrogen) atoms. The SMILES string of the molecule is C=CCc1ccc(OCC(=O)N(C)Cc2cc(Cl)ccc2OC)c(OC)c1. The number of amides is 1. The number of halogens is 1. The molecule has 1 amide bonds. The molecule has 0 aromatic heterocycles. The number of nitrogens with zero attached hydrogens (tertiary/aromatic N) is 1. The molecule has 0 spiro atoms. The van der Waals surface area contributed by atoms with Gasteiger partial charge in [0.1, 0.15) is 5.75 Å². The molecule has 0 aliphatic carbocycles. The molecule has 0 aliphatic rings. The van der Waals surface area contributed by atoms with Gasteiger partial charge in [0.15, 0.2) is 18.1 Å². The summed E-state index contributed by atoms with van der Waals surface area (Å²) in [6, 6.07) is 10.9. The van der Waals surface area contributed by atoms with Crippen molar-refractivity contribution in [3.63, 3.8) is 0 Å². The van der Waals surface area contributed by atoms with Crippen LogP contribution in [-0.2, 0) is 17.8 Å². The Bertz CT molecular complexity index is 807. The zero-order valence-electron chi connectivity index (χ0n) is 15.8. The van der Waals surface area contributed by atoms with E-state index in [4.69, 9.17) is 25.8 Å². The third-order valence-electron chi connectivity index (χ3n) is 4.03. The first-order valence-electron chi connectivity index (χ1n) is 8.45. The van der Waals surface area contributed by atoms with Crippen LogP contribution < -0.4 is 14.2 Å². The van der Waals surface area contributed by atoms with Crippen molar-refractivity contribution in [1.82, 2.24) is 4.90 Å². The van der Waals surface area contributed by atoms with Crippen molar-refractivity contribution >= 4 is 17.5 Å². The Morgan fingerprint density at radius 3 is 2.48 bits per heavy atom. The van der Waals surface area contributed by atoms with Gasteiger partial charge in [0, 0.05) is 24.2 Å². The Morgan fingerprint density at radius 2 is 1.81 bits per heavy atom. The van der Waals surface area contributed by atoms with E-state index in [2.05, 4.69) is 6.58 Å². The Kier molecular flexibility index (Phi) is 7.55. The molecule has 0 atom stereocenters. The van der Waals surface area contributed by atoms with Gasteiger partial charge in [-0.05, 0) is 42.3 Å². The Morgan fingerprint density at radius 1 is 1.11 bits per heavy atom. The number of allylic oxidation sites excluding steroid dienone is 1. The second kappa shape index (κ2) is 9.88. The van der Waals surface area contributed by atoms with E-state index in [1.54, 1.807) is 50.4 Å². The van der Waals surface area contributed by atoms with E-state index in [9.17, 15) is 4.79 Å². The van der Waals surface area contributed by atoms with Gasteiger partial charge < -0.3 is 19.1 Å². The number of carbonyl (C=O) groups excluding carboxylic acids is 1. The minimum Gasteiger partial charge on any atom is -0.496 e. The number of carbonyl (C=O) groups is 1. The average Bonchev–Trinajstić information content (AvgIpc) is 2.67. The van der Waals surface area contributed by atoms with Gasteiger partial charge in [-0.3, -0.25) is 4.79 Å². The Balaban J connectivity index is 2.01. The van der Waals surface area contributed by atoms with Crippen LogP contribution in [0.1, 0.15) is 11.1 Å². The highest BCUT2D eigenvalue weighted by atomic mass is 35.5. The quantitative estimate of drug-likeness (QED) is 0.605. The van der Waals surface area contributed by atoms with Crippen molar-refractivity contribution in [2.75, 3.05) is 27.9 Å². The molecule has 0 saturated heterocycles. The highest BCUT2D eigenvalue weighted by molar-refractivity contribution is 6.30. The molecule has 2 aromatic carbocycles. The van der Waals surface area contributed by atoms with Crippen LogP contribution in [0.3, 0.4) is 0 Å². The fraction of sp³-hybridized carbons (Fsp3) is 0.286. The molecule has 2 rings (SSSR count). The maximum Gasteiger partial charge on any atom is 0.260 e. The van der Waals surface area contributed by atoms with Crippen LogP contribution in [0.15, 0.2) is 49.1 Å². The smallest absolute Gasteiger partial charge is 0.260 e. The summed E-state index contributed by atoms with van der Waals surface area (Å²) in [5.41, 5.74) is 1.89. The van der Waals surface area contributed by atoms with Crippen LogP contribution in [0.25, 0.3) is 0 Å². The summed E-state index contributed by atoms with van der Waals surface area (Å²) in [4.78, 5) is 14.0. The van der Waals surface area contributed by atoms with Gasteiger partial charge in [0.25, 0.3) is 5.91 Å². The van der Waals surface area contributed by atoms with Gasteiger partial charge in [-0.25, -0.2) is 0 Å². The van der Waals surface area contributed by atoms with Crippen LogP contribution >= 0.6 is 11.6 Å². The summed E-state index contributed by atoms with van der Waals surface area (Å²) in [5.74, 6) is 1.61. The van der Waals surface area contributed by atoms with Gasteiger partial charge in [-0.15, -0.1) is 6.58 Å². The van der Waals surface area contributed by atoms with Crippen molar-refractivity contribution in [1.29, 1.82) is 0 Å². The number of hydrogen-bond acceptors (Lipinski definition) is 4. The lowest BCUT2D eigenvalue weighted by atomic mass is 10.1. The van der Waals surface area contributed by atoms with Crippen molar-refractivity contribution in [3.8, 4) is 17.2 Å². The molecule has 2 aromatic rings. The predicted molar refractivity (Wildman–Crippen MR) is 107 cm³/mol. The summed E-state index contributed by atoms with van der Waals surface area (Å²) in [5, 5.41) is 0.590. The van der Waals surface area contributed by atoms with Crippen molar-refractivity contribution < 1.29 is 19.0 Å². The molecule has 0 N–H and O–H groups in total. The number of methoxy groups -OCH3 is 2. The lowest BCUT2D eigenvalue weighted by Crippen LogP contribution is -2.31. The van der Waals surface area contributed by atoms with Crippen molar-refractivity contribution in [3.05, 3.63) is 65.2 Å². The first-order chi connectivity index (χ1) is 13.0. The van der Waals surface area contributed by atoms with E-state index in [0.29, 0.717) is 28.8 Å². The monoisotopic (exact) mass is 389 g/mol. The van der Waals surface area contributed by atoms with E-state index in [1.807, 2.05) is 18.2 Å². The van der Waals surface area contributed by atoms with Gasteiger partial charge in [-0.2, -0.15) is 0 Å². The van der Waals surface area contributed by atoms with E-state index in [0.717, 1.165) is 17.5 Å². The van der Waals surface area contributed by atoms with Gasteiger partial charge in [-0.1, -0.05) is 23.7 Å². The highest BCUT2D eigenvalue weighted by Gasteiger charge is 2.15. The van der Waals surface area contributed by atoms with Crippen molar-refractivity contribution in [2.24, 2.45) is 0 Å². The third kappa shape index (κ3) is 5.66. The predicted octanol–water partition coefficient (Wildman–Crippen LogP) is 4.12. The minimum absolute atomic E-state index is 0.101. The largest absolute Gasteiger partial charge is 0.496 e. The van der Waals surface area contributed by atoms with Crippen LogP contribution in [-0.4, -0.2) is 38.7 Å². The number of benzene rings is 2. The van der Waals surface area contributed by atoms with E-state index < -0.39 is 0 Å². The molecular formula is C21H24ClNO4. The lowest BCUT2D eigenvalue weighted by Gasteiger charge is -2.20. The normalized spacial score (nSPS) is 10.2. The highest BCUT2D eigenvalue weighted by Crippen LogP contribution is 2.28. The molecule has 0 saturated carbocycles. The van der Waals surface area contributed by atoms with Gasteiger partial charge in [0.05, 0.1) is 14.2 Å². The van der Waals surface area contributed by atoms with Gasteiger partial charge in [0.2, 0.25) is 0 Å². The van der Waals surface area contributed by atoms with Crippen LogP contribution in [0.4, 0.5) is 0 Å². The topological polar surface area (TPSA) is 48.0 Å². The molecular weight excluding hydrogens is 366 g/mol. The zero-order chi connectivity index (χ0) is 19.8. The first kappa shape index (κ1) is 20.6. The van der Waals surface area contributed by atoms with Gasteiger partial charge >= 0.3 is 0 Å². The van der Waals surface area contributed by atoms with Crippen LogP contribution in [0.5, 0.6) is 17.2 Å². The molecule has 0 heterocycles. The van der Waals surface area contributed by atoms with Crippen LogP contribution in [0, 0.1) is 0 Å². The zero-order valence-corrected chi connectivity index (χ0v) is 16.6. The fourth-order valence-corrected chi connectivity index (χ4v) is 2.78. The molecule has 144 valence electrons. The number of hydrogen-bond donors (Lipinski definition) is 0. The molecule has 0 fully saturated rings. The standard InChI is InChI=1S/C21H24ClNO4/c1-5-6-15-7-9-19(20(11-15)26-4)27-14-21(24)23(2)13-16-12-17(22)8-10-18(16)25-3/h5,7-12H,1,6,13-14H2,2-4H3. The summed E-state index contributed by atoms with van der Waals surface area (Å²) in [6.45, 7) is 3.99. The second-order valence-corrected chi connectivity index (χ2v) is 6.41. The molecule has 0 radical (unpaired) electrons. The summed E-state index contributed by atoms with van der Waals surface area (Å²) in [6.07, 6.45) is 2.55. The van der Waals surface area contributed by atoms with E-state index in [-0.39, 0.29) is 12.5 Å². The molecule has 0 unspecified atom stereocenters. The van der Waals surface area contributed by atoms with E-state index >= 15 is 0 Å². The maximum atomic E-state index is 12.4. The summed E-state index contributed by atoms with van der Waals surface area (Å²) in [7, 11) is 4.86. The lowest BCUT2D eigenvalue weighted by molar-refractivity contribution is -0.132. The summed E-state index contributed by atoms with van der Waals surface area (Å²) < 4.78 is 16.3. The molecule has 0 bridgehead atoms. The van der Waals surface area contributed by atoms with Crippen LogP contribution in [0.2, 0.25) is 5.02 Å². The third-order valence-corrected chi connectivity index (χ3v) is 4.27. The maximum absolute atomic E-state index is 12.4. The Labute approximate surface area is 165 Å². The summed E-state index contributed by atoms with van der Waals surface area (Å²) >= 11 is 6.04. The average molecular weight is 390 g/mol. The minimum atomic E-state index is -0.172. The van der Waals surface area contributed by atoms with E-state index in [1.165, 1.54) is 0 Å². The first-order valence-corrected chi connectivity index (χ1v) is 8.83. The Hall–Kier alpha value is -2.66. The van der Waals surface area contributed by atoms with Crippen molar-refractivity contribution in [2.45, 2.75) is 13.0 Å². The fourth-order valence-electron chi connectivity index (χ4n) is 2.59. The number of likely N-dealkylation sites (N-methyl/N-ethyl adjacent to an activating group) is 1. The molecule has 5 nitrogen and oxygen atoms in total.